The van der Waals surface area contributed by atoms with Crippen molar-refractivity contribution in [3.63, 3.8) is 0 Å². The zero-order valence-electron chi connectivity index (χ0n) is 10.2. The Balaban J connectivity index is 3.70. The molecule has 0 saturated carbocycles. The molecule has 0 heterocycles. The second kappa shape index (κ2) is 9.40. The van der Waals surface area contributed by atoms with Crippen LogP contribution in [0.25, 0.3) is 0 Å². The fraction of sp³-hybridized carbons (Fsp3) is 0.909. The summed E-state index contributed by atoms with van der Waals surface area (Å²) in [5, 5.41) is 3.06. The van der Waals surface area contributed by atoms with Gasteiger partial charge in [-0.05, 0) is 43.8 Å². The average Bonchev–Trinajstić information content (AvgIpc) is 2.22. The highest BCUT2D eigenvalue weighted by Gasteiger charge is 2.14. The summed E-state index contributed by atoms with van der Waals surface area (Å²) in [7, 11) is 0. The molecule has 1 amide bonds. The van der Waals surface area contributed by atoms with E-state index in [9.17, 15) is 4.79 Å². The van der Waals surface area contributed by atoms with Gasteiger partial charge >= 0.3 is 0 Å². The molecule has 4 heteroatoms. The summed E-state index contributed by atoms with van der Waals surface area (Å²) >= 11 is 3.62. The van der Waals surface area contributed by atoms with Crippen LogP contribution in [0.4, 0.5) is 0 Å². The van der Waals surface area contributed by atoms with Crippen LogP contribution in [-0.4, -0.2) is 36.0 Å². The molecule has 0 aromatic heterocycles. The molecular weight excluding hydrogens is 226 g/mol. The lowest BCUT2D eigenvalue weighted by Gasteiger charge is -2.16. The summed E-state index contributed by atoms with van der Waals surface area (Å²) in [5.74, 6) is 2.53. The molecule has 90 valence electrons. The van der Waals surface area contributed by atoms with Crippen LogP contribution in [0, 0.1) is 5.92 Å². The van der Waals surface area contributed by atoms with Gasteiger partial charge in [-0.2, -0.15) is 23.5 Å². The lowest BCUT2D eigenvalue weighted by molar-refractivity contribution is -0.125. The molecule has 0 spiro atoms. The fourth-order valence-electron chi connectivity index (χ4n) is 1.18. The Morgan fingerprint density at radius 2 is 1.67 bits per heavy atom. The number of rotatable bonds is 8. The van der Waals surface area contributed by atoms with E-state index >= 15 is 0 Å². The molecule has 2 unspecified atom stereocenters. The van der Waals surface area contributed by atoms with Gasteiger partial charge in [-0.1, -0.05) is 6.92 Å². The zero-order chi connectivity index (χ0) is 11.7. The standard InChI is InChI=1S/C11H23NOS2/c1-9(5-7-14-3)11(13)12-10(2)6-8-15-4/h9-10H,5-8H2,1-4H3,(H,12,13). The molecule has 0 aliphatic rings. The molecule has 2 atom stereocenters. The molecule has 0 fully saturated rings. The van der Waals surface area contributed by atoms with Gasteiger partial charge in [0.15, 0.2) is 0 Å². The number of amides is 1. The van der Waals surface area contributed by atoms with Crippen molar-refractivity contribution < 1.29 is 4.79 Å². The molecule has 0 saturated heterocycles. The summed E-state index contributed by atoms with van der Waals surface area (Å²) in [5.41, 5.74) is 0. The highest BCUT2D eigenvalue weighted by molar-refractivity contribution is 7.98. The van der Waals surface area contributed by atoms with Gasteiger partial charge in [0, 0.05) is 12.0 Å². The topological polar surface area (TPSA) is 29.1 Å². The van der Waals surface area contributed by atoms with Crippen molar-refractivity contribution in [2.45, 2.75) is 32.7 Å². The van der Waals surface area contributed by atoms with Crippen LogP contribution >= 0.6 is 23.5 Å². The second-order valence-corrected chi connectivity index (χ2v) is 5.84. The van der Waals surface area contributed by atoms with E-state index in [1.54, 1.807) is 11.8 Å². The summed E-state index contributed by atoms with van der Waals surface area (Å²) < 4.78 is 0. The molecule has 0 rings (SSSR count). The number of carbonyl (C=O) groups excluding carboxylic acids is 1. The summed E-state index contributed by atoms with van der Waals surface area (Å²) in [4.78, 5) is 11.7. The first-order valence-corrected chi connectivity index (χ1v) is 8.18. The third-order valence-electron chi connectivity index (χ3n) is 2.35. The zero-order valence-corrected chi connectivity index (χ0v) is 11.8. The first-order valence-electron chi connectivity index (χ1n) is 5.40. The highest BCUT2D eigenvalue weighted by atomic mass is 32.2. The first kappa shape index (κ1) is 15.2. The molecule has 0 aromatic carbocycles. The molecule has 1 N–H and O–H groups in total. The smallest absolute Gasteiger partial charge is 0.223 e. The summed E-state index contributed by atoms with van der Waals surface area (Å²) in [6, 6.07) is 0.307. The molecule has 0 radical (unpaired) electrons. The van der Waals surface area contributed by atoms with Crippen LogP contribution in [0.3, 0.4) is 0 Å². The van der Waals surface area contributed by atoms with Gasteiger partial charge in [-0.3, -0.25) is 4.79 Å². The van der Waals surface area contributed by atoms with E-state index in [1.807, 2.05) is 18.7 Å². The van der Waals surface area contributed by atoms with E-state index in [2.05, 4.69) is 24.8 Å². The van der Waals surface area contributed by atoms with E-state index in [4.69, 9.17) is 0 Å². The number of carbonyl (C=O) groups is 1. The second-order valence-electron chi connectivity index (χ2n) is 3.87. The fourth-order valence-corrected chi connectivity index (χ4v) is 2.36. The van der Waals surface area contributed by atoms with E-state index in [0.717, 1.165) is 24.3 Å². The van der Waals surface area contributed by atoms with Gasteiger partial charge in [0.05, 0.1) is 0 Å². The van der Waals surface area contributed by atoms with Crippen molar-refractivity contribution in [2.24, 2.45) is 5.92 Å². The van der Waals surface area contributed by atoms with Gasteiger partial charge in [-0.25, -0.2) is 0 Å². The van der Waals surface area contributed by atoms with Crippen LogP contribution in [0.1, 0.15) is 26.7 Å². The monoisotopic (exact) mass is 249 g/mol. The van der Waals surface area contributed by atoms with Crippen LogP contribution in [0.15, 0.2) is 0 Å². The van der Waals surface area contributed by atoms with E-state index < -0.39 is 0 Å². The third kappa shape index (κ3) is 8.03. The molecular formula is C11H23NOS2. The SMILES string of the molecule is CSCCC(C)NC(=O)C(C)CCSC. The minimum Gasteiger partial charge on any atom is -0.353 e. The van der Waals surface area contributed by atoms with Crippen LogP contribution in [0.2, 0.25) is 0 Å². The summed E-state index contributed by atoms with van der Waals surface area (Å²) in [6.07, 6.45) is 6.20. The summed E-state index contributed by atoms with van der Waals surface area (Å²) in [6.45, 7) is 4.09. The minimum absolute atomic E-state index is 0.147. The Kier molecular flexibility index (Phi) is 9.51. The maximum atomic E-state index is 11.7. The molecule has 0 aliphatic carbocycles. The van der Waals surface area contributed by atoms with E-state index in [-0.39, 0.29) is 11.8 Å². The molecule has 15 heavy (non-hydrogen) atoms. The maximum Gasteiger partial charge on any atom is 0.223 e. The number of thioether (sulfide) groups is 2. The predicted octanol–water partition coefficient (Wildman–Crippen LogP) is 2.63. The Morgan fingerprint density at radius 3 is 2.20 bits per heavy atom. The van der Waals surface area contributed by atoms with Gasteiger partial charge in [0.25, 0.3) is 0 Å². The first-order chi connectivity index (χ1) is 7.11. The normalized spacial score (nSPS) is 14.7. The van der Waals surface area contributed by atoms with Gasteiger partial charge < -0.3 is 5.32 Å². The van der Waals surface area contributed by atoms with Gasteiger partial charge in [0.2, 0.25) is 5.91 Å². The molecule has 2 nitrogen and oxygen atoms in total. The van der Waals surface area contributed by atoms with E-state index in [1.165, 1.54) is 0 Å². The largest absolute Gasteiger partial charge is 0.353 e. The average molecular weight is 249 g/mol. The minimum atomic E-state index is 0.147. The van der Waals surface area contributed by atoms with Crippen LogP contribution in [0.5, 0.6) is 0 Å². The predicted molar refractivity (Wildman–Crippen MR) is 72.8 cm³/mol. The van der Waals surface area contributed by atoms with Crippen LogP contribution < -0.4 is 5.32 Å². The molecule has 0 bridgehead atoms. The van der Waals surface area contributed by atoms with Gasteiger partial charge in [0.1, 0.15) is 0 Å². The van der Waals surface area contributed by atoms with Gasteiger partial charge in [-0.15, -0.1) is 0 Å². The van der Waals surface area contributed by atoms with Crippen molar-refractivity contribution in [3.05, 3.63) is 0 Å². The van der Waals surface area contributed by atoms with Crippen LogP contribution in [-0.2, 0) is 4.79 Å². The van der Waals surface area contributed by atoms with E-state index in [0.29, 0.717) is 6.04 Å². The lowest BCUT2D eigenvalue weighted by atomic mass is 10.1. The molecule has 0 aliphatic heterocycles. The van der Waals surface area contributed by atoms with Crippen molar-refractivity contribution in [1.82, 2.24) is 5.32 Å². The van der Waals surface area contributed by atoms with Crippen molar-refractivity contribution in [3.8, 4) is 0 Å². The van der Waals surface area contributed by atoms with Crippen molar-refractivity contribution in [1.29, 1.82) is 0 Å². The Morgan fingerprint density at radius 1 is 1.13 bits per heavy atom. The van der Waals surface area contributed by atoms with Crippen molar-refractivity contribution in [2.75, 3.05) is 24.0 Å². The molecule has 0 aromatic rings. The number of nitrogens with one attached hydrogen (secondary N) is 1. The quantitative estimate of drug-likeness (QED) is 0.717. The lowest BCUT2D eigenvalue weighted by Crippen LogP contribution is -2.36. The maximum absolute atomic E-state index is 11.7. The third-order valence-corrected chi connectivity index (χ3v) is 3.63. The Labute approximate surface area is 102 Å². The van der Waals surface area contributed by atoms with Crippen molar-refractivity contribution >= 4 is 29.4 Å². The Bertz CT molecular complexity index is 176. The number of hydrogen-bond acceptors (Lipinski definition) is 3. The Hall–Kier alpha value is 0.170. The highest BCUT2D eigenvalue weighted by Crippen LogP contribution is 2.08. The number of hydrogen-bond donors (Lipinski definition) is 1.